The van der Waals surface area contributed by atoms with Crippen molar-refractivity contribution in [1.82, 2.24) is 10.2 Å². The molecule has 0 atom stereocenters. The Morgan fingerprint density at radius 1 is 1.06 bits per heavy atom. The molecule has 0 radical (unpaired) electrons. The van der Waals surface area contributed by atoms with Crippen molar-refractivity contribution in [2.24, 2.45) is 5.41 Å². The molecule has 0 bridgehead atoms. The van der Waals surface area contributed by atoms with Gasteiger partial charge in [0.05, 0.1) is 6.61 Å². The van der Waals surface area contributed by atoms with Gasteiger partial charge in [0.1, 0.15) is 0 Å². The van der Waals surface area contributed by atoms with E-state index in [1.807, 2.05) is 0 Å². The zero-order chi connectivity index (χ0) is 12.0. The maximum Gasteiger partial charge on any atom is 0.0593 e. The van der Waals surface area contributed by atoms with Gasteiger partial charge in [0.15, 0.2) is 0 Å². The van der Waals surface area contributed by atoms with Gasteiger partial charge in [0.2, 0.25) is 0 Å². The molecule has 17 heavy (non-hydrogen) atoms. The fourth-order valence-electron chi connectivity index (χ4n) is 3.50. The number of nitrogens with zero attached hydrogens (tertiary/aromatic N) is 1. The summed E-state index contributed by atoms with van der Waals surface area (Å²) in [7, 11) is 2.10. The molecule has 1 aliphatic carbocycles. The lowest BCUT2D eigenvalue weighted by Gasteiger charge is -2.41. The van der Waals surface area contributed by atoms with Crippen molar-refractivity contribution < 1.29 is 4.74 Å². The molecule has 0 spiro atoms. The van der Waals surface area contributed by atoms with Crippen LogP contribution in [0.15, 0.2) is 0 Å². The van der Waals surface area contributed by atoms with E-state index in [0.717, 1.165) is 19.8 Å². The van der Waals surface area contributed by atoms with E-state index in [2.05, 4.69) is 17.3 Å². The molecule has 1 saturated heterocycles. The Balaban J connectivity index is 1.90. The third-order valence-electron chi connectivity index (χ3n) is 4.34. The van der Waals surface area contributed by atoms with E-state index in [0.29, 0.717) is 5.41 Å². The van der Waals surface area contributed by atoms with Crippen LogP contribution in [0.5, 0.6) is 0 Å². The summed E-state index contributed by atoms with van der Waals surface area (Å²) in [5.41, 5.74) is 0.539. The summed E-state index contributed by atoms with van der Waals surface area (Å²) < 4.78 is 5.55. The highest BCUT2D eigenvalue weighted by Gasteiger charge is 2.33. The third-order valence-corrected chi connectivity index (χ3v) is 4.34. The predicted octanol–water partition coefficient (Wildman–Crippen LogP) is 1.88. The monoisotopic (exact) mass is 240 g/mol. The predicted molar refractivity (Wildman–Crippen MR) is 71.3 cm³/mol. The summed E-state index contributed by atoms with van der Waals surface area (Å²) in [5.74, 6) is 0. The van der Waals surface area contributed by atoms with Crippen molar-refractivity contribution in [2.75, 3.05) is 46.4 Å². The van der Waals surface area contributed by atoms with Crippen LogP contribution in [0.1, 0.15) is 38.5 Å². The second kappa shape index (κ2) is 6.72. The zero-order valence-electron chi connectivity index (χ0n) is 11.3. The van der Waals surface area contributed by atoms with Gasteiger partial charge in [-0.05, 0) is 31.7 Å². The summed E-state index contributed by atoms with van der Waals surface area (Å²) in [6, 6.07) is 0. The standard InChI is InChI=1S/C14H28N2O/c1-15-12-14(6-3-2-4-7-14)13-16-8-5-10-17-11-9-16/h15H,2-13H2,1H3. The van der Waals surface area contributed by atoms with Crippen molar-refractivity contribution >= 4 is 0 Å². The molecule has 1 N–H and O–H groups in total. The SMILES string of the molecule is CNCC1(CN2CCCOCC2)CCCCC1. The van der Waals surface area contributed by atoms with Crippen molar-refractivity contribution in [3.8, 4) is 0 Å². The molecule has 2 fully saturated rings. The van der Waals surface area contributed by atoms with E-state index in [1.54, 1.807) is 0 Å². The van der Waals surface area contributed by atoms with Gasteiger partial charge >= 0.3 is 0 Å². The number of hydrogen-bond acceptors (Lipinski definition) is 3. The molecule has 0 amide bonds. The molecule has 100 valence electrons. The van der Waals surface area contributed by atoms with Crippen molar-refractivity contribution in [3.05, 3.63) is 0 Å². The average molecular weight is 240 g/mol. The van der Waals surface area contributed by atoms with Crippen molar-refractivity contribution in [3.63, 3.8) is 0 Å². The van der Waals surface area contributed by atoms with Crippen LogP contribution in [0, 0.1) is 5.41 Å². The lowest BCUT2D eigenvalue weighted by molar-refractivity contribution is 0.0954. The Bertz CT molecular complexity index is 201. The van der Waals surface area contributed by atoms with E-state index in [-0.39, 0.29) is 0 Å². The van der Waals surface area contributed by atoms with Crippen LogP contribution in [0.4, 0.5) is 0 Å². The number of nitrogens with one attached hydrogen (secondary N) is 1. The summed E-state index contributed by atoms with van der Waals surface area (Å²) in [5, 5.41) is 3.43. The van der Waals surface area contributed by atoms with E-state index < -0.39 is 0 Å². The molecule has 1 aliphatic heterocycles. The highest BCUT2D eigenvalue weighted by atomic mass is 16.5. The second-order valence-electron chi connectivity index (χ2n) is 5.83. The van der Waals surface area contributed by atoms with Crippen LogP contribution in [-0.2, 0) is 4.74 Å². The minimum absolute atomic E-state index is 0.539. The van der Waals surface area contributed by atoms with Gasteiger partial charge in [0, 0.05) is 32.8 Å². The van der Waals surface area contributed by atoms with E-state index >= 15 is 0 Å². The topological polar surface area (TPSA) is 24.5 Å². The summed E-state index contributed by atoms with van der Waals surface area (Å²) >= 11 is 0. The Morgan fingerprint density at radius 2 is 1.88 bits per heavy atom. The first-order valence-corrected chi connectivity index (χ1v) is 7.29. The van der Waals surface area contributed by atoms with Gasteiger partial charge in [-0.1, -0.05) is 19.3 Å². The molecule has 2 aliphatic rings. The minimum atomic E-state index is 0.539. The van der Waals surface area contributed by atoms with Crippen LogP contribution in [0.2, 0.25) is 0 Å². The highest BCUT2D eigenvalue weighted by molar-refractivity contribution is 4.87. The average Bonchev–Trinajstić information content (AvgIpc) is 2.59. The summed E-state index contributed by atoms with van der Waals surface area (Å²) in [6.45, 7) is 6.70. The molecule has 3 heteroatoms. The fourth-order valence-corrected chi connectivity index (χ4v) is 3.50. The van der Waals surface area contributed by atoms with E-state index in [1.165, 1.54) is 58.2 Å². The van der Waals surface area contributed by atoms with E-state index in [9.17, 15) is 0 Å². The maximum atomic E-state index is 5.55. The molecule has 1 saturated carbocycles. The van der Waals surface area contributed by atoms with Gasteiger partial charge in [-0.3, -0.25) is 0 Å². The van der Waals surface area contributed by atoms with Crippen LogP contribution in [-0.4, -0.2) is 51.3 Å². The first kappa shape index (κ1) is 13.3. The van der Waals surface area contributed by atoms with Gasteiger partial charge in [-0.25, -0.2) is 0 Å². The highest BCUT2D eigenvalue weighted by Crippen LogP contribution is 2.36. The minimum Gasteiger partial charge on any atom is -0.380 e. The maximum absolute atomic E-state index is 5.55. The molecule has 2 rings (SSSR count). The number of hydrogen-bond donors (Lipinski definition) is 1. The fraction of sp³-hybridized carbons (Fsp3) is 1.00. The Hall–Kier alpha value is -0.120. The van der Waals surface area contributed by atoms with Crippen LogP contribution in [0.3, 0.4) is 0 Å². The van der Waals surface area contributed by atoms with Crippen molar-refractivity contribution in [2.45, 2.75) is 38.5 Å². The van der Waals surface area contributed by atoms with Gasteiger partial charge in [0.25, 0.3) is 0 Å². The lowest BCUT2D eigenvalue weighted by Crippen LogP contribution is -2.45. The smallest absolute Gasteiger partial charge is 0.0593 e. The molecule has 0 aromatic carbocycles. The van der Waals surface area contributed by atoms with Crippen LogP contribution < -0.4 is 5.32 Å². The quantitative estimate of drug-likeness (QED) is 0.812. The molecule has 1 heterocycles. The second-order valence-corrected chi connectivity index (χ2v) is 5.83. The van der Waals surface area contributed by atoms with Gasteiger partial charge in [-0.15, -0.1) is 0 Å². The molecular weight excluding hydrogens is 212 g/mol. The van der Waals surface area contributed by atoms with Crippen molar-refractivity contribution in [1.29, 1.82) is 0 Å². The van der Waals surface area contributed by atoms with Crippen LogP contribution in [0.25, 0.3) is 0 Å². The molecule has 0 aromatic heterocycles. The molecule has 0 aromatic rings. The first-order chi connectivity index (χ1) is 8.35. The Morgan fingerprint density at radius 3 is 2.65 bits per heavy atom. The first-order valence-electron chi connectivity index (χ1n) is 7.29. The molecular formula is C14H28N2O. The van der Waals surface area contributed by atoms with Gasteiger partial charge in [-0.2, -0.15) is 0 Å². The summed E-state index contributed by atoms with van der Waals surface area (Å²) in [4.78, 5) is 2.63. The van der Waals surface area contributed by atoms with E-state index in [4.69, 9.17) is 4.74 Å². The third kappa shape index (κ3) is 3.94. The zero-order valence-corrected chi connectivity index (χ0v) is 11.3. The van der Waals surface area contributed by atoms with Gasteiger partial charge < -0.3 is 15.0 Å². The molecule has 3 nitrogen and oxygen atoms in total. The Kier molecular flexibility index (Phi) is 5.26. The Labute approximate surface area is 106 Å². The molecule has 0 unspecified atom stereocenters. The summed E-state index contributed by atoms with van der Waals surface area (Å²) in [6.07, 6.45) is 8.30. The largest absolute Gasteiger partial charge is 0.380 e. The normalized spacial score (nSPS) is 26.6. The number of ether oxygens (including phenoxy) is 1. The number of rotatable bonds is 4. The van der Waals surface area contributed by atoms with Crippen LogP contribution >= 0.6 is 0 Å². The lowest BCUT2D eigenvalue weighted by atomic mass is 9.73.